The number of methoxy groups -OCH3 is 1. The monoisotopic (exact) mass is 309 g/mol. The zero-order valence-electron chi connectivity index (χ0n) is 13.2. The molecule has 23 heavy (non-hydrogen) atoms. The zero-order valence-corrected chi connectivity index (χ0v) is 13.2. The maximum atomic E-state index is 12.4. The Morgan fingerprint density at radius 2 is 1.91 bits per heavy atom. The summed E-state index contributed by atoms with van der Waals surface area (Å²) in [6.45, 7) is 2.54. The van der Waals surface area contributed by atoms with E-state index < -0.39 is 0 Å². The smallest absolute Gasteiger partial charge is 0.244 e. The molecule has 0 saturated carbocycles. The summed E-state index contributed by atoms with van der Waals surface area (Å²) in [6, 6.07) is 15.5. The lowest BCUT2D eigenvalue weighted by Gasteiger charge is -2.11. The average molecular weight is 309 g/mol. The number of benzene rings is 2. The fourth-order valence-corrected chi connectivity index (χ4v) is 2.59. The lowest BCUT2D eigenvalue weighted by atomic mass is 10.2. The predicted octanol–water partition coefficient (Wildman–Crippen LogP) is 3.13. The van der Waals surface area contributed by atoms with E-state index in [4.69, 9.17) is 4.74 Å². The topological polar surface area (TPSA) is 56.2 Å². The lowest BCUT2D eigenvalue weighted by molar-refractivity contribution is -0.116. The second kappa shape index (κ2) is 6.62. The Morgan fingerprint density at radius 1 is 1.17 bits per heavy atom. The maximum Gasteiger partial charge on any atom is 0.244 e. The molecule has 2 aromatic carbocycles. The number of aromatic nitrogens is 2. The van der Waals surface area contributed by atoms with E-state index in [1.807, 2.05) is 60.0 Å². The number of hydrogen-bond donors (Lipinski definition) is 1. The van der Waals surface area contributed by atoms with Crippen molar-refractivity contribution in [3.63, 3.8) is 0 Å². The molecule has 3 aromatic rings. The van der Waals surface area contributed by atoms with Crippen LogP contribution >= 0.6 is 0 Å². The first-order valence-electron chi connectivity index (χ1n) is 7.47. The van der Waals surface area contributed by atoms with E-state index in [2.05, 4.69) is 10.3 Å². The average Bonchev–Trinajstić information content (AvgIpc) is 2.88. The molecule has 0 bridgehead atoms. The Balaban J connectivity index is 1.87. The molecule has 118 valence electrons. The number of amides is 1. The number of fused-ring (bicyclic) bond motifs is 1. The van der Waals surface area contributed by atoms with Gasteiger partial charge in [-0.15, -0.1) is 0 Å². The molecule has 0 spiro atoms. The molecule has 0 unspecified atom stereocenters. The van der Waals surface area contributed by atoms with Crippen molar-refractivity contribution >= 4 is 22.6 Å². The van der Waals surface area contributed by atoms with E-state index in [0.29, 0.717) is 6.61 Å². The minimum atomic E-state index is -0.0835. The van der Waals surface area contributed by atoms with Crippen molar-refractivity contribution < 1.29 is 9.53 Å². The predicted molar refractivity (Wildman–Crippen MR) is 90.3 cm³/mol. The molecule has 0 saturated heterocycles. The molecule has 0 fully saturated rings. The van der Waals surface area contributed by atoms with E-state index >= 15 is 0 Å². The van der Waals surface area contributed by atoms with E-state index in [1.54, 1.807) is 7.11 Å². The highest BCUT2D eigenvalue weighted by Gasteiger charge is 2.13. The van der Waals surface area contributed by atoms with Crippen molar-refractivity contribution in [2.45, 2.75) is 20.1 Å². The maximum absolute atomic E-state index is 12.4. The van der Waals surface area contributed by atoms with Gasteiger partial charge in [-0.05, 0) is 30.7 Å². The third-order valence-corrected chi connectivity index (χ3v) is 3.73. The van der Waals surface area contributed by atoms with Crippen molar-refractivity contribution in [2.75, 3.05) is 12.4 Å². The standard InChI is InChI=1S/C18H19N3O2/c1-13-7-3-4-8-14(13)20-18(22)11-21-16-10-6-5-9-15(16)19-17(21)12-23-2/h3-10H,11-12H2,1-2H3,(H,20,22). The number of imidazole rings is 1. The normalized spacial score (nSPS) is 10.9. The van der Waals surface area contributed by atoms with Gasteiger partial charge in [0.2, 0.25) is 5.91 Å². The third kappa shape index (κ3) is 3.24. The highest BCUT2D eigenvalue weighted by atomic mass is 16.5. The SMILES string of the molecule is COCc1nc2ccccc2n1CC(=O)Nc1ccccc1C. The number of carbonyl (C=O) groups is 1. The summed E-state index contributed by atoms with van der Waals surface area (Å²) in [5, 5.41) is 2.95. The molecule has 0 aliphatic rings. The van der Waals surface area contributed by atoms with Crippen molar-refractivity contribution in [3.8, 4) is 0 Å². The molecule has 5 nitrogen and oxygen atoms in total. The number of carbonyl (C=O) groups excluding carboxylic acids is 1. The summed E-state index contributed by atoms with van der Waals surface area (Å²) in [4.78, 5) is 17.0. The van der Waals surface area contributed by atoms with Crippen LogP contribution in [-0.2, 0) is 22.7 Å². The first kappa shape index (κ1) is 15.2. The first-order valence-corrected chi connectivity index (χ1v) is 7.47. The van der Waals surface area contributed by atoms with Crippen LogP contribution in [0.1, 0.15) is 11.4 Å². The number of aryl methyl sites for hydroxylation is 1. The molecule has 0 atom stereocenters. The van der Waals surface area contributed by atoms with Gasteiger partial charge in [0.1, 0.15) is 19.0 Å². The minimum Gasteiger partial charge on any atom is -0.377 e. The molecule has 0 radical (unpaired) electrons. The Labute approximate surface area is 134 Å². The van der Waals surface area contributed by atoms with E-state index in [-0.39, 0.29) is 12.5 Å². The van der Waals surface area contributed by atoms with Crippen molar-refractivity contribution in [1.29, 1.82) is 0 Å². The summed E-state index contributed by atoms with van der Waals surface area (Å²) in [7, 11) is 1.62. The highest BCUT2D eigenvalue weighted by molar-refractivity contribution is 5.92. The molecule has 1 aromatic heterocycles. The number of anilines is 1. The van der Waals surface area contributed by atoms with Crippen LogP contribution in [0, 0.1) is 6.92 Å². The van der Waals surface area contributed by atoms with Gasteiger partial charge in [-0.2, -0.15) is 0 Å². The molecule has 1 N–H and O–H groups in total. The Hall–Kier alpha value is -2.66. The Bertz CT molecular complexity index is 839. The Kier molecular flexibility index (Phi) is 4.39. The van der Waals surface area contributed by atoms with Crippen LogP contribution in [0.2, 0.25) is 0 Å². The number of rotatable bonds is 5. The van der Waals surface area contributed by atoms with Crippen LogP contribution in [0.15, 0.2) is 48.5 Å². The summed E-state index contributed by atoms with van der Waals surface area (Å²) in [5.41, 5.74) is 3.66. The number of para-hydroxylation sites is 3. The van der Waals surface area contributed by atoms with Gasteiger partial charge in [0.15, 0.2) is 0 Å². The molecular weight excluding hydrogens is 290 g/mol. The van der Waals surface area contributed by atoms with Crippen LogP contribution in [-0.4, -0.2) is 22.6 Å². The summed E-state index contributed by atoms with van der Waals surface area (Å²) in [5.74, 6) is 0.661. The highest BCUT2D eigenvalue weighted by Crippen LogP contribution is 2.18. The quantitative estimate of drug-likeness (QED) is 0.788. The van der Waals surface area contributed by atoms with E-state index in [0.717, 1.165) is 28.1 Å². The third-order valence-electron chi connectivity index (χ3n) is 3.73. The largest absolute Gasteiger partial charge is 0.377 e. The van der Waals surface area contributed by atoms with Crippen molar-refractivity contribution in [2.24, 2.45) is 0 Å². The van der Waals surface area contributed by atoms with Gasteiger partial charge in [-0.1, -0.05) is 30.3 Å². The first-order chi connectivity index (χ1) is 11.2. The minimum absolute atomic E-state index is 0.0835. The van der Waals surface area contributed by atoms with E-state index in [1.165, 1.54) is 0 Å². The summed E-state index contributed by atoms with van der Waals surface area (Å²) in [6.07, 6.45) is 0. The van der Waals surface area contributed by atoms with Gasteiger partial charge in [-0.25, -0.2) is 4.98 Å². The van der Waals surface area contributed by atoms with Crippen LogP contribution in [0.3, 0.4) is 0 Å². The number of ether oxygens (including phenoxy) is 1. The molecule has 3 rings (SSSR count). The molecule has 0 aliphatic carbocycles. The second-order valence-corrected chi connectivity index (χ2v) is 5.40. The van der Waals surface area contributed by atoms with Crippen LogP contribution in [0.5, 0.6) is 0 Å². The van der Waals surface area contributed by atoms with Crippen molar-refractivity contribution in [3.05, 3.63) is 59.9 Å². The van der Waals surface area contributed by atoms with Gasteiger partial charge in [0.25, 0.3) is 0 Å². The number of hydrogen-bond acceptors (Lipinski definition) is 3. The van der Waals surface area contributed by atoms with Crippen LogP contribution in [0.25, 0.3) is 11.0 Å². The number of nitrogens with zero attached hydrogens (tertiary/aromatic N) is 2. The molecule has 1 amide bonds. The van der Waals surface area contributed by atoms with Gasteiger partial charge >= 0.3 is 0 Å². The molecule has 0 aliphatic heterocycles. The van der Waals surface area contributed by atoms with Gasteiger partial charge in [-0.3, -0.25) is 4.79 Å². The summed E-state index contributed by atoms with van der Waals surface area (Å²) < 4.78 is 7.10. The fraction of sp³-hybridized carbons (Fsp3) is 0.222. The number of nitrogens with one attached hydrogen (secondary N) is 1. The Morgan fingerprint density at radius 3 is 2.70 bits per heavy atom. The summed E-state index contributed by atoms with van der Waals surface area (Å²) >= 11 is 0. The molecule has 5 heteroatoms. The second-order valence-electron chi connectivity index (χ2n) is 5.40. The van der Waals surface area contributed by atoms with Crippen molar-refractivity contribution in [1.82, 2.24) is 9.55 Å². The van der Waals surface area contributed by atoms with Crippen LogP contribution < -0.4 is 5.32 Å². The van der Waals surface area contributed by atoms with E-state index in [9.17, 15) is 4.79 Å². The zero-order chi connectivity index (χ0) is 16.2. The van der Waals surface area contributed by atoms with Crippen LogP contribution in [0.4, 0.5) is 5.69 Å². The van der Waals surface area contributed by atoms with Gasteiger partial charge in [0, 0.05) is 12.8 Å². The lowest BCUT2D eigenvalue weighted by Crippen LogP contribution is -2.20. The molecule has 1 heterocycles. The van der Waals surface area contributed by atoms with Gasteiger partial charge < -0.3 is 14.6 Å². The molecular formula is C18H19N3O2. The van der Waals surface area contributed by atoms with Gasteiger partial charge in [0.05, 0.1) is 11.0 Å². The fourth-order valence-electron chi connectivity index (χ4n) is 2.59.